The molecule has 2 aromatic heterocycles. The van der Waals surface area contributed by atoms with E-state index in [2.05, 4.69) is 34.3 Å². The van der Waals surface area contributed by atoms with Crippen molar-refractivity contribution in [3.8, 4) is 21.8 Å². The van der Waals surface area contributed by atoms with Crippen LogP contribution in [-0.2, 0) is 0 Å². The number of aryl methyl sites for hydroxylation is 3. The predicted octanol–water partition coefficient (Wildman–Crippen LogP) is 6.60. The van der Waals surface area contributed by atoms with Crippen LogP contribution in [0.4, 0.5) is 5.69 Å². The number of amides is 1. The van der Waals surface area contributed by atoms with Crippen molar-refractivity contribution in [3.05, 3.63) is 94.6 Å². The quantitative estimate of drug-likeness (QED) is 0.335. The van der Waals surface area contributed by atoms with E-state index in [0.717, 1.165) is 49.3 Å². The lowest BCUT2D eigenvalue weighted by Gasteiger charge is -2.08. The summed E-state index contributed by atoms with van der Waals surface area (Å²) in [4.78, 5) is 27.9. The molecule has 0 aliphatic carbocycles. The minimum absolute atomic E-state index is 0.180. The number of nitrogens with one attached hydrogen (secondary N) is 1. The van der Waals surface area contributed by atoms with Crippen molar-refractivity contribution >= 4 is 34.0 Å². The molecule has 0 saturated heterocycles. The minimum Gasteiger partial charge on any atom is -0.322 e. The van der Waals surface area contributed by atoms with Crippen molar-refractivity contribution in [1.82, 2.24) is 15.0 Å². The first-order valence-electron chi connectivity index (χ1n) is 10.7. The van der Waals surface area contributed by atoms with Gasteiger partial charge in [0.15, 0.2) is 0 Å². The predicted molar refractivity (Wildman–Crippen MR) is 135 cm³/mol. The van der Waals surface area contributed by atoms with Crippen LogP contribution in [0.2, 0.25) is 0 Å². The lowest BCUT2D eigenvalue weighted by molar-refractivity contribution is 0.102. The number of benzene rings is 3. The molecule has 3 aromatic carbocycles. The van der Waals surface area contributed by atoms with E-state index in [9.17, 15) is 4.79 Å². The number of rotatable bonds is 4. The number of carbonyl (C=O) groups excluding carboxylic acids is 1. The zero-order chi connectivity index (χ0) is 22.9. The van der Waals surface area contributed by atoms with E-state index in [4.69, 9.17) is 4.98 Å². The number of hydrogen-bond acceptors (Lipinski definition) is 5. The standard InChI is InChI=1S/C27H22N4OS/c1-16-17(2)29-24-15-21(11-14-23(24)28-16)26(32)30-22-12-9-19(10-13-22)25-18(3)33-27(31-25)20-7-5-4-6-8-20/h4-15H,1-3H3,(H,30,32). The van der Waals surface area contributed by atoms with Gasteiger partial charge < -0.3 is 5.32 Å². The molecule has 0 radical (unpaired) electrons. The summed E-state index contributed by atoms with van der Waals surface area (Å²) < 4.78 is 0. The van der Waals surface area contributed by atoms with Crippen LogP contribution in [0, 0.1) is 20.8 Å². The molecule has 2 heterocycles. The van der Waals surface area contributed by atoms with E-state index in [0.29, 0.717) is 11.1 Å². The van der Waals surface area contributed by atoms with Crippen LogP contribution in [0.15, 0.2) is 72.8 Å². The third kappa shape index (κ3) is 4.25. The molecule has 0 unspecified atom stereocenters. The maximum absolute atomic E-state index is 12.8. The zero-order valence-electron chi connectivity index (χ0n) is 18.6. The summed E-state index contributed by atoms with van der Waals surface area (Å²) in [6, 6.07) is 23.4. The molecule has 6 heteroatoms. The maximum atomic E-state index is 12.8. The van der Waals surface area contributed by atoms with Gasteiger partial charge in [0.1, 0.15) is 5.01 Å². The van der Waals surface area contributed by atoms with Crippen LogP contribution in [0.1, 0.15) is 26.6 Å². The van der Waals surface area contributed by atoms with Gasteiger partial charge in [-0.05, 0) is 51.1 Å². The number of nitrogens with zero attached hydrogens (tertiary/aromatic N) is 3. The highest BCUT2D eigenvalue weighted by molar-refractivity contribution is 7.15. The Morgan fingerprint density at radius 2 is 1.45 bits per heavy atom. The largest absolute Gasteiger partial charge is 0.322 e. The van der Waals surface area contributed by atoms with Crippen molar-refractivity contribution in [2.75, 3.05) is 5.32 Å². The highest BCUT2D eigenvalue weighted by atomic mass is 32.1. The SMILES string of the molecule is Cc1nc2ccc(C(=O)Nc3ccc(-c4nc(-c5ccccc5)sc4C)cc3)cc2nc1C. The second-order valence-corrected chi connectivity index (χ2v) is 9.12. The summed E-state index contributed by atoms with van der Waals surface area (Å²) in [5.41, 5.74) is 7.65. The van der Waals surface area contributed by atoms with Crippen molar-refractivity contribution in [2.24, 2.45) is 0 Å². The van der Waals surface area contributed by atoms with Gasteiger partial charge in [-0.25, -0.2) is 15.0 Å². The van der Waals surface area contributed by atoms with Crippen LogP contribution in [-0.4, -0.2) is 20.9 Å². The first kappa shape index (κ1) is 21.0. The number of carbonyl (C=O) groups is 1. The number of anilines is 1. The lowest BCUT2D eigenvalue weighted by atomic mass is 10.1. The Bertz CT molecular complexity index is 1470. The second kappa shape index (κ2) is 8.56. The first-order chi connectivity index (χ1) is 16.0. The van der Waals surface area contributed by atoms with Crippen molar-refractivity contribution < 1.29 is 4.79 Å². The molecule has 1 N–H and O–H groups in total. The summed E-state index contributed by atoms with van der Waals surface area (Å²) in [5.74, 6) is -0.180. The van der Waals surface area contributed by atoms with Gasteiger partial charge in [-0.2, -0.15) is 0 Å². The van der Waals surface area contributed by atoms with E-state index in [-0.39, 0.29) is 5.91 Å². The van der Waals surface area contributed by atoms with Crippen molar-refractivity contribution in [1.29, 1.82) is 0 Å². The molecule has 1 amide bonds. The van der Waals surface area contributed by atoms with Gasteiger partial charge in [0.25, 0.3) is 5.91 Å². The highest BCUT2D eigenvalue weighted by Crippen LogP contribution is 2.33. The molecule has 5 aromatic rings. The molecule has 0 spiro atoms. The van der Waals surface area contributed by atoms with Gasteiger partial charge in [0.05, 0.1) is 28.1 Å². The zero-order valence-corrected chi connectivity index (χ0v) is 19.4. The maximum Gasteiger partial charge on any atom is 0.255 e. The fourth-order valence-electron chi connectivity index (χ4n) is 3.66. The van der Waals surface area contributed by atoms with Crippen LogP contribution in [0.25, 0.3) is 32.9 Å². The van der Waals surface area contributed by atoms with Crippen LogP contribution in [0.3, 0.4) is 0 Å². The first-order valence-corrected chi connectivity index (χ1v) is 11.5. The Morgan fingerprint density at radius 1 is 0.758 bits per heavy atom. The molecular formula is C27H22N4OS. The number of thiazole rings is 1. The fourth-order valence-corrected chi connectivity index (χ4v) is 4.60. The Kier molecular flexibility index (Phi) is 5.44. The minimum atomic E-state index is -0.180. The van der Waals surface area contributed by atoms with Gasteiger partial charge in [0, 0.05) is 27.3 Å². The highest BCUT2D eigenvalue weighted by Gasteiger charge is 2.13. The summed E-state index contributed by atoms with van der Waals surface area (Å²) >= 11 is 1.69. The van der Waals surface area contributed by atoms with Crippen LogP contribution < -0.4 is 5.32 Å². The van der Waals surface area contributed by atoms with E-state index in [1.54, 1.807) is 23.5 Å². The van der Waals surface area contributed by atoms with E-state index < -0.39 is 0 Å². The Morgan fingerprint density at radius 3 is 2.18 bits per heavy atom. The Labute approximate surface area is 196 Å². The van der Waals surface area contributed by atoms with Gasteiger partial charge in [-0.1, -0.05) is 42.5 Å². The van der Waals surface area contributed by atoms with Gasteiger partial charge in [0.2, 0.25) is 0 Å². The summed E-state index contributed by atoms with van der Waals surface area (Å²) in [6.07, 6.45) is 0. The molecule has 0 aliphatic heterocycles. The molecule has 0 bridgehead atoms. The summed E-state index contributed by atoms with van der Waals surface area (Å²) in [5, 5.41) is 3.97. The number of fused-ring (bicyclic) bond motifs is 1. The summed E-state index contributed by atoms with van der Waals surface area (Å²) in [7, 11) is 0. The second-order valence-electron chi connectivity index (χ2n) is 7.92. The van der Waals surface area contributed by atoms with Crippen molar-refractivity contribution in [2.45, 2.75) is 20.8 Å². The topological polar surface area (TPSA) is 67.8 Å². The third-order valence-electron chi connectivity index (χ3n) is 5.57. The summed E-state index contributed by atoms with van der Waals surface area (Å²) in [6.45, 7) is 5.94. The Balaban J connectivity index is 1.35. The fraction of sp³-hybridized carbons (Fsp3) is 0.111. The smallest absolute Gasteiger partial charge is 0.255 e. The van der Waals surface area contributed by atoms with Gasteiger partial charge >= 0.3 is 0 Å². The van der Waals surface area contributed by atoms with Gasteiger partial charge in [-0.3, -0.25) is 4.79 Å². The third-order valence-corrected chi connectivity index (χ3v) is 6.59. The molecule has 0 aliphatic rings. The van der Waals surface area contributed by atoms with Crippen LogP contribution in [0.5, 0.6) is 0 Å². The number of hydrogen-bond donors (Lipinski definition) is 1. The Hall–Kier alpha value is -3.90. The average molecular weight is 451 g/mol. The number of aromatic nitrogens is 3. The van der Waals surface area contributed by atoms with E-state index in [1.807, 2.05) is 62.4 Å². The van der Waals surface area contributed by atoms with Gasteiger partial charge in [-0.15, -0.1) is 11.3 Å². The molecule has 33 heavy (non-hydrogen) atoms. The van der Waals surface area contributed by atoms with E-state index >= 15 is 0 Å². The molecule has 5 rings (SSSR count). The molecule has 5 nitrogen and oxygen atoms in total. The van der Waals surface area contributed by atoms with Crippen molar-refractivity contribution in [3.63, 3.8) is 0 Å². The molecule has 0 atom stereocenters. The van der Waals surface area contributed by atoms with Crippen LogP contribution >= 0.6 is 11.3 Å². The average Bonchev–Trinajstić information content (AvgIpc) is 3.22. The normalized spacial score (nSPS) is 11.0. The van der Waals surface area contributed by atoms with E-state index in [1.165, 1.54) is 0 Å². The molecular weight excluding hydrogens is 428 g/mol. The molecule has 0 saturated carbocycles. The molecule has 162 valence electrons. The molecule has 0 fully saturated rings. The monoisotopic (exact) mass is 450 g/mol. The lowest BCUT2D eigenvalue weighted by Crippen LogP contribution is -2.12.